The van der Waals surface area contributed by atoms with E-state index in [2.05, 4.69) is 5.32 Å². The van der Waals surface area contributed by atoms with Gasteiger partial charge in [-0.3, -0.25) is 4.79 Å². The Kier molecular flexibility index (Phi) is 6.19. The molecule has 0 saturated carbocycles. The van der Waals surface area contributed by atoms with E-state index in [0.29, 0.717) is 5.02 Å². The Hall–Kier alpha value is -1.85. The average Bonchev–Trinajstić information content (AvgIpc) is 2.87. The number of ether oxygens (including phenoxy) is 1. The largest absolute Gasteiger partial charge is 0.452 e. The molecule has 0 aliphatic carbocycles. The molecule has 0 radical (unpaired) electrons. The van der Waals surface area contributed by atoms with Gasteiger partial charge in [0.05, 0.1) is 5.02 Å². The predicted octanol–water partition coefficient (Wildman–Crippen LogP) is 4.03. The van der Waals surface area contributed by atoms with Gasteiger partial charge in [0.1, 0.15) is 0 Å². The summed E-state index contributed by atoms with van der Waals surface area (Å²) >= 11 is 7.78. The second-order valence-corrected chi connectivity index (χ2v) is 6.56. The van der Waals surface area contributed by atoms with Crippen molar-refractivity contribution < 1.29 is 14.3 Å². The SMILES string of the molecule is CCC(C)NC(=O)COC(=O)/C=C/c1sc2ccccc2c1Cl. The van der Waals surface area contributed by atoms with Crippen LogP contribution < -0.4 is 5.32 Å². The Bertz CT molecular complexity index is 739. The van der Waals surface area contributed by atoms with Crippen LogP contribution in [0.25, 0.3) is 16.2 Å². The van der Waals surface area contributed by atoms with Crippen LogP contribution in [0.3, 0.4) is 0 Å². The van der Waals surface area contributed by atoms with Crippen molar-refractivity contribution >= 4 is 51.0 Å². The first-order valence-corrected chi connectivity index (χ1v) is 8.52. The van der Waals surface area contributed by atoms with Crippen LogP contribution in [0.5, 0.6) is 0 Å². The molecule has 0 spiro atoms. The molecular weight excluding hydrogens is 334 g/mol. The molecule has 0 aliphatic rings. The number of fused-ring (bicyclic) bond motifs is 1. The summed E-state index contributed by atoms with van der Waals surface area (Å²) in [6.07, 6.45) is 3.72. The third-order valence-corrected chi connectivity index (χ3v) is 4.95. The van der Waals surface area contributed by atoms with Gasteiger partial charge in [-0.2, -0.15) is 0 Å². The van der Waals surface area contributed by atoms with Gasteiger partial charge in [-0.1, -0.05) is 36.7 Å². The van der Waals surface area contributed by atoms with Crippen LogP contribution in [-0.4, -0.2) is 24.5 Å². The molecule has 0 saturated heterocycles. The van der Waals surface area contributed by atoms with Gasteiger partial charge in [0.2, 0.25) is 0 Å². The first-order chi connectivity index (χ1) is 11.0. The summed E-state index contributed by atoms with van der Waals surface area (Å²) in [6, 6.07) is 7.82. The van der Waals surface area contributed by atoms with Crippen LogP contribution in [0, 0.1) is 0 Å². The zero-order valence-electron chi connectivity index (χ0n) is 13.0. The minimum Gasteiger partial charge on any atom is -0.452 e. The van der Waals surface area contributed by atoms with E-state index in [1.165, 1.54) is 17.4 Å². The molecule has 1 aromatic carbocycles. The monoisotopic (exact) mass is 351 g/mol. The molecule has 0 fully saturated rings. The smallest absolute Gasteiger partial charge is 0.331 e. The highest BCUT2D eigenvalue weighted by atomic mass is 35.5. The zero-order valence-corrected chi connectivity index (χ0v) is 14.5. The minimum atomic E-state index is -0.571. The van der Waals surface area contributed by atoms with E-state index < -0.39 is 5.97 Å². The van der Waals surface area contributed by atoms with Crippen LogP contribution in [0.4, 0.5) is 0 Å². The van der Waals surface area contributed by atoms with Crippen molar-refractivity contribution in [1.82, 2.24) is 5.32 Å². The fraction of sp³-hybridized carbons (Fsp3) is 0.294. The van der Waals surface area contributed by atoms with Gasteiger partial charge in [0.15, 0.2) is 6.61 Å². The molecule has 0 bridgehead atoms. The normalized spacial score (nSPS) is 12.5. The highest BCUT2D eigenvalue weighted by molar-refractivity contribution is 7.20. The number of hydrogen-bond donors (Lipinski definition) is 1. The van der Waals surface area contributed by atoms with Gasteiger partial charge in [0.25, 0.3) is 5.91 Å². The molecule has 23 heavy (non-hydrogen) atoms. The second kappa shape index (κ2) is 8.13. The van der Waals surface area contributed by atoms with E-state index in [-0.39, 0.29) is 18.6 Å². The van der Waals surface area contributed by atoms with E-state index >= 15 is 0 Å². The maximum Gasteiger partial charge on any atom is 0.331 e. The number of hydrogen-bond acceptors (Lipinski definition) is 4. The number of esters is 1. The second-order valence-electron chi connectivity index (χ2n) is 5.09. The summed E-state index contributed by atoms with van der Waals surface area (Å²) < 4.78 is 5.96. The molecule has 1 aromatic heterocycles. The van der Waals surface area contributed by atoms with Crippen LogP contribution in [0.2, 0.25) is 5.02 Å². The molecule has 0 aliphatic heterocycles. The van der Waals surface area contributed by atoms with Gasteiger partial charge in [-0.05, 0) is 25.5 Å². The van der Waals surface area contributed by atoms with Crippen LogP contribution in [-0.2, 0) is 14.3 Å². The standard InChI is InChI=1S/C17H18ClNO3S/c1-3-11(2)19-15(20)10-22-16(21)9-8-14-17(18)12-6-4-5-7-13(12)23-14/h4-9,11H,3,10H2,1-2H3,(H,19,20)/b9-8+. The zero-order chi connectivity index (χ0) is 16.8. The molecular formula is C17H18ClNO3S. The number of nitrogens with one attached hydrogen (secondary N) is 1. The summed E-state index contributed by atoms with van der Waals surface area (Å²) in [4.78, 5) is 24.0. The van der Waals surface area contributed by atoms with E-state index in [0.717, 1.165) is 21.4 Å². The summed E-state index contributed by atoms with van der Waals surface area (Å²) in [6.45, 7) is 3.57. The Morgan fingerprint density at radius 3 is 2.83 bits per heavy atom. The van der Waals surface area contributed by atoms with Crippen LogP contribution >= 0.6 is 22.9 Å². The summed E-state index contributed by atoms with van der Waals surface area (Å²) in [5, 5.41) is 4.30. The van der Waals surface area contributed by atoms with Gasteiger partial charge < -0.3 is 10.1 Å². The molecule has 6 heteroatoms. The van der Waals surface area contributed by atoms with Crippen molar-refractivity contribution in [2.24, 2.45) is 0 Å². The van der Waals surface area contributed by atoms with Crippen LogP contribution in [0.1, 0.15) is 25.1 Å². The lowest BCUT2D eigenvalue weighted by molar-refractivity contribution is -0.144. The minimum absolute atomic E-state index is 0.0640. The maximum atomic E-state index is 11.7. The predicted molar refractivity (Wildman–Crippen MR) is 94.7 cm³/mol. The summed E-state index contributed by atoms with van der Waals surface area (Å²) in [5.41, 5.74) is 0. The van der Waals surface area contributed by atoms with Crippen molar-refractivity contribution in [2.75, 3.05) is 6.61 Å². The van der Waals surface area contributed by atoms with Crippen molar-refractivity contribution in [3.8, 4) is 0 Å². The highest BCUT2D eigenvalue weighted by Gasteiger charge is 2.09. The Labute approximate surface area is 144 Å². The van der Waals surface area contributed by atoms with Crippen LogP contribution in [0.15, 0.2) is 30.3 Å². The number of amides is 1. The van der Waals surface area contributed by atoms with Gasteiger partial charge in [-0.15, -0.1) is 11.3 Å². The van der Waals surface area contributed by atoms with E-state index in [9.17, 15) is 9.59 Å². The molecule has 2 aromatic rings. The van der Waals surface area contributed by atoms with Crippen molar-refractivity contribution in [1.29, 1.82) is 0 Å². The van der Waals surface area contributed by atoms with Crippen molar-refractivity contribution in [3.05, 3.63) is 40.2 Å². The van der Waals surface area contributed by atoms with Crippen molar-refractivity contribution in [2.45, 2.75) is 26.3 Å². The number of carbonyl (C=O) groups excluding carboxylic acids is 2. The molecule has 1 amide bonds. The quantitative estimate of drug-likeness (QED) is 0.631. The summed E-state index contributed by atoms with van der Waals surface area (Å²) in [7, 11) is 0. The molecule has 4 nitrogen and oxygen atoms in total. The van der Waals surface area contributed by atoms with E-state index in [4.69, 9.17) is 16.3 Å². The number of carbonyl (C=O) groups is 2. The van der Waals surface area contributed by atoms with E-state index in [1.807, 2.05) is 38.1 Å². The molecule has 122 valence electrons. The highest BCUT2D eigenvalue weighted by Crippen LogP contribution is 2.35. The Morgan fingerprint density at radius 1 is 1.39 bits per heavy atom. The maximum absolute atomic E-state index is 11.7. The Morgan fingerprint density at radius 2 is 2.13 bits per heavy atom. The molecule has 1 atom stereocenters. The first kappa shape index (κ1) is 17.5. The first-order valence-electron chi connectivity index (χ1n) is 7.32. The number of halogens is 1. The molecule has 2 rings (SSSR count). The molecule has 1 unspecified atom stereocenters. The number of thiophene rings is 1. The lowest BCUT2D eigenvalue weighted by Crippen LogP contribution is -2.35. The fourth-order valence-corrected chi connectivity index (χ4v) is 3.29. The van der Waals surface area contributed by atoms with Crippen molar-refractivity contribution in [3.63, 3.8) is 0 Å². The topological polar surface area (TPSA) is 55.4 Å². The van der Waals surface area contributed by atoms with Gasteiger partial charge in [-0.25, -0.2) is 4.79 Å². The fourth-order valence-electron chi connectivity index (χ4n) is 1.89. The average molecular weight is 352 g/mol. The lowest BCUT2D eigenvalue weighted by atomic mass is 10.2. The van der Waals surface area contributed by atoms with Gasteiger partial charge >= 0.3 is 5.97 Å². The van der Waals surface area contributed by atoms with E-state index in [1.54, 1.807) is 6.08 Å². The molecule has 1 heterocycles. The third-order valence-electron chi connectivity index (χ3n) is 3.30. The number of benzene rings is 1. The van der Waals surface area contributed by atoms with Gasteiger partial charge in [0, 0.05) is 27.1 Å². The molecule has 1 N–H and O–H groups in total. The summed E-state index contributed by atoms with van der Waals surface area (Å²) in [5.74, 6) is -0.876. The number of rotatable bonds is 6. The Balaban J connectivity index is 1.92. The lowest BCUT2D eigenvalue weighted by Gasteiger charge is -2.10. The third kappa shape index (κ3) is 4.81.